The number of fused-ring (bicyclic) bond motifs is 1. The van der Waals surface area contributed by atoms with Crippen LogP contribution in [0, 0.1) is 5.82 Å². The molecule has 0 atom stereocenters. The topological polar surface area (TPSA) is 81.3 Å². The van der Waals surface area contributed by atoms with Crippen molar-refractivity contribution in [2.75, 3.05) is 18.9 Å². The fraction of sp³-hybridized carbons (Fsp3) is 0.320. The van der Waals surface area contributed by atoms with Crippen LogP contribution in [-0.2, 0) is 29.0 Å². The first-order chi connectivity index (χ1) is 15.6. The molecule has 1 aromatic carbocycles. The van der Waals surface area contributed by atoms with Crippen molar-refractivity contribution in [3.05, 3.63) is 77.0 Å². The third kappa shape index (κ3) is 4.21. The van der Waals surface area contributed by atoms with Gasteiger partial charge >= 0.3 is 0 Å². The lowest BCUT2D eigenvalue weighted by molar-refractivity contribution is -0.131. The highest BCUT2D eigenvalue weighted by Gasteiger charge is 2.26. The summed E-state index contributed by atoms with van der Waals surface area (Å²) in [5.74, 6) is 0.101. The van der Waals surface area contributed by atoms with Gasteiger partial charge in [0, 0.05) is 49.7 Å². The SMILES string of the molecule is Nc1ccc(-c2ccc(F)cc2)nc1CC(=O)N1Cc2cnc(C3CCOCC3)cc2C1. The number of nitrogens with zero attached hydrogens (tertiary/aromatic N) is 3. The van der Waals surface area contributed by atoms with E-state index in [0.717, 1.165) is 48.4 Å². The number of nitrogen functional groups attached to an aromatic ring is 1. The summed E-state index contributed by atoms with van der Waals surface area (Å²) in [7, 11) is 0. The number of aromatic nitrogens is 2. The maximum absolute atomic E-state index is 13.2. The van der Waals surface area contributed by atoms with E-state index in [0.29, 0.717) is 36.1 Å². The summed E-state index contributed by atoms with van der Waals surface area (Å²) < 4.78 is 18.7. The number of rotatable bonds is 4. The number of halogens is 1. The second-order valence-electron chi connectivity index (χ2n) is 8.43. The standard InChI is InChI=1S/C25H25FN4O2/c26-20-3-1-16(2-4-20)22-6-5-21(27)24(29-22)12-25(31)30-14-18-11-23(28-13-19(18)15-30)17-7-9-32-10-8-17/h1-6,11,13,17H,7-10,12,14-15,27H2. The molecule has 32 heavy (non-hydrogen) atoms. The van der Waals surface area contributed by atoms with Crippen LogP contribution in [0.15, 0.2) is 48.7 Å². The van der Waals surface area contributed by atoms with Crippen molar-refractivity contribution >= 4 is 11.6 Å². The van der Waals surface area contributed by atoms with Crippen LogP contribution in [0.4, 0.5) is 10.1 Å². The molecule has 0 radical (unpaired) electrons. The Labute approximate surface area is 186 Å². The molecule has 1 saturated heterocycles. The quantitative estimate of drug-likeness (QED) is 0.677. The summed E-state index contributed by atoms with van der Waals surface area (Å²) in [6.07, 6.45) is 4.01. The lowest BCUT2D eigenvalue weighted by Crippen LogP contribution is -2.27. The van der Waals surface area contributed by atoms with Crippen LogP contribution in [0.3, 0.4) is 0 Å². The Morgan fingerprint density at radius 3 is 2.62 bits per heavy atom. The molecule has 164 valence electrons. The number of amides is 1. The molecule has 0 aliphatic carbocycles. The first-order valence-corrected chi connectivity index (χ1v) is 10.9. The van der Waals surface area contributed by atoms with E-state index in [-0.39, 0.29) is 18.1 Å². The molecule has 2 N–H and O–H groups in total. The Bertz CT molecular complexity index is 1140. The van der Waals surface area contributed by atoms with Gasteiger partial charge in [0.05, 0.1) is 23.5 Å². The number of ether oxygens (including phenoxy) is 1. The molecule has 0 unspecified atom stereocenters. The van der Waals surface area contributed by atoms with E-state index in [4.69, 9.17) is 10.5 Å². The van der Waals surface area contributed by atoms with Crippen LogP contribution < -0.4 is 5.73 Å². The average molecular weight is 432 g/mol. The summed E-state index contributed by atoms with van der Waals surface area (Å²) in [6.45, 7) is 2.68. The first-order valence-electron chi connectivity index (χ1n) is 10.9. The number of carbonyl (C=O) groups excluding carboxylic acids is 1. The highest BCUT2D eigenvalue weighted by Crippen LogP contribution is 2.30. The van der Waals surface area contributed by atoms with E-state index in [1.165, 1.54) is 12.1 Å². The molecule has 5 rings (SSSR count). The molecule has 4 heterocycles. The molecular formula is C25H25FN4O2. The summed E-state index contributed by atoms with van der Waals surface area (Å²) in [4.78, 5) is 24.1. The van der Waals surface area contributed by atoms with Gasteiger partial charge in [-0.1, -0.05) is 0 Å². The van der Waals surface area contributed by atoms with Gasteiger partial charge in [-0.3, -0.25) is 14.8 Å². The molecule has 0 bridgehead atoms. The minimum absolute atomic E-state index is 0.0238. The number of carbonyl (C=O) groups is 1. The third-order valence-electron chi connectivity index (χ3n) is 6.29. The fourth-order valence-corrected chi connectivity index (χ4v) is 4.38. The predicted octanol–water partition coefficient (Wildman–Crippen LogP) is 3.84. The average Bonchev–Trinajstić information content (AvgIpc) is 3.25. The second kappa shape index (κ2) is 8.67. The van der Waals surface area contributed by atoms with Gasteiger partial charge in [-0.05, 0) is 66.4 Å². The van der Waals surface area contributed by atoms with Gasteiger partial charge in [-0.15, -0.1) is 0 Å². The number of hydrogen-bond acceptors (Lipinski definition) is 5. The van der Waals surface area contributed by atoms with Crippen LogP contribution in [0.25, 0.3) is 11.3 Å². The van der Waals surface area contributed by atoms with Crippen molar-refractivity contribution in [1.29, 1.82) is 0 Å². The lowest BCUT2D eigenvalue weighted by Gasteiger charge is -2.21. The van der Waals surface area contributed by atoms with Crippen LogP contribution in [0.2, 0.25) is 0 Å². The zero-order chi connectivity index (χ0) is 22.1. The molecule has 1 amide bonds. The Morgan fingerprint density at radius 2 is 1.84 bits per heavy atom. The lowest BCUT2D eigenvalue weighted by atomic mass is 9.94. The van der Waals surface area contributed by atoms with Crippen molar-refractivity contribution in [1.82, 2.24) is 14.9 Å². The van der Waals surface area contributed by atoms with Crippen molar-refractivity contribution in [3.8, 4) is 11.3 Å². The number of benzene rings is 1. The molecular weight excluding hydrogens is 407 g/mol. The number of pyridine rings is 2. The third-order valence-corrected chi connectivity index (χ3v) is 6.29. The maximum atomic E-state index is 13.2. The van der Waals surface area contributed by atoms with E-state index in [1.54, 1.807) is 24.3 Å². The van der Waals surface area contributed by atoms with Crippen LogP contribution in [0.5, 0.6) is 0 Å². The van der Waals surface area contributed by atoms with Crippen LogP contribution in [0.1, 0.15) is 41.3 Å². The van der Waals surface area contributed by atoms with E-state index >= 15 is 0 Å². The molecule has 2 aliphatic rings. The predicted molar refractivity (Wildman–Crippen MR) is 119 cm³/mol. The van der Waals surface area contributed by atoms with Crippen LogP contribution in [-0.4, -0.2) is 34.0 Å². The van der Waals surface area contributed by atoms with E-state index < -0.39 is 0 Å². The summed E-state index contributed by atoms with van der Waals surface area (Å²) in [5, 5.41) is 0. The van der Waals surface area contributed by atoms with Gasteiger partial charge < -0.3 is 15.4 Å². The summed E-state index contributed by atoms with van der Waals surface area (Å²) in [5.41, 5.74) is 11.9. The van der Waals surface area contributed by atoms with E-state index in [1.807, 2.05) is 11.1 Å². The minimum atomic E-state index is -0.303. The monoisotopic (exact) mass is 432 g/mol. The normalized spacial score (nSPS) is 16.2. The smallest absolute Gasteiger partial charge is 0.229 e. The minimum Gasteiger partial charge on any atom is -0.397 e. The molecule has 7 heteroatoms. The van der Waals surface area contributed by atoms with Gasteiger partial charge in [-0.2, -0.15) is 0 Å². The zero-order valence-corrected chi connectivity index (χ0v) is 17.8. The second-order valence-corrected chi connectivity index (χ2v) is 8.43. The molecule has 3 aromatic rings. The Balaban J connectivity index is 1.29. The summed E-state index contributed by atoms with van der Waals surface area (Å²) >= 11 is 0. The molecule has 0 saturated carbocycles. The van der Waals surface area contributed by atoms with Gasteiger partial charge in [-0.25, -0.2) is 4.39 Å². The van der Waals surface area contributed by atoms with Gasteiger partial charge in [0.2, 0.25) is 5.91 Å². The number of nitrogens with two attached hydrogens (primary N) is 1. The molecule has 1 fully saturated rings. The molecule has 2 aliphatic heterocycles. The van der Waals surface area contributed by atoms with Crippen molar-refractivity contribution in [3.63, 3.8) is 0 Å². The van der Waals surface area contributed by atoms with Crippen molar-refractivity contribution in [2.24, 2.45) is 0 Å². The van der Waals surface area contributed by atoms with Crippen LogP contribution >= 0.6 is 0 Å². The van der Waals surface area contributed by atoms with E-state index in [2.05, 4.69) is 16.0 Å². The molecule has 2 aromatic heterocycles. The van der Waals surface area contributed by atoms with Crippen molar-refractivity contribution < 1.29 is 13.9 Å². The van der Waals surface area contributed by atoms with Gasteiger partial charge in [0.15, 0.2) is 0 Å². The van der Waals surface area contributed by atoms with E-state index in [9.17, 15) is 9.18 Å². The zero-order valence-electron chi connectivity index (χ0n) is 17.8. The largest absolute Gasteiger partial charge is 0.397 e. The molecule has 0 spiro atoms. The maximum Gasteiger partial charge on any atom is 0.229 e. The number of anilines is 1. The Morgan fingerprint density at radius 1 is 1.09 bits per heavy atom. The highest BCUT2D eigenvalue weighted by atomic mass is 19.1. The van der Waals surface area contributed by atoms with Crippen molar-refractivity contribution in [2.45, 2.75) is 38.3 Å². The fourth-order valence-electron chi connectivity index (χ4n) is 4.38. The Kier molecular flexibility index (Phi) is 5.57. The molecule has 6 nitrogen and oxygen atoms in total. The number of hydrogen-bond donors (Lipinski definition) is 1. The van der Waals surface area contributed by atoms with Gasteiger partial charge in [0.1, 0.15) is 5.82 Å². The first kappa shape index (κ1) is 20.6. The Hall–Kier alpha value is -3.32. The summed E-state index contributed by atoms with van der Waals surface area (Å²) in [6, 6.07) is 11.8. The van der Waals surface area contributed by atoms with Gasteiger partial charge in [0.25, 0.3) is 0 Å². The highest BCUT2D eigenvalue weighted by molar-refractivity contribution is 5.81.